The zero-order valence-electron chi connectivity index (χ0n) is 25.1. The molecule has 1 saturated heterocycles. The van der Waals surface area contributed by atoms with Gasteiger partial charge in [-0.2, -0.15) is 10.1 Å². The fraction of sp³-hybridized carbons (Fsp3) is 0.162. The predicted molar refractivity (Wildman–Crippen MR) is 181 cm³/mol. The maximum Gasteiger partial charge on any atom is 0.286 e. The average molecular weight is 630 g/mol. The number of benzene rings is 4. The Kier molecular flexibility index (Phi) is 8.76. The highest BCUT2D eigenvalue weighted by atomic mass is 32.2. The molecule has 5 aromatic rings. The summed E-state index contributed by atoms with van der Waals surface area (Å²) in [4.78, 5) is 22.8. The molecule has 7 rings (SSSR count). The van der Waals surface area contributed by atoms with E-state index in [1.54, 1.807) is 12.1 Å². The van der Waals surface area contributed by atoms with Gasteiger partial charge in [-0.15, -0.1) is 0 Å². The summed E-state index contributed by atoms with van der Waals surface area (Å²) in [7, 11) is 0. The number of carbonyl (C=O) groups is 1. The molecule has 0 N–H and O–H groups in total. The SMILES string of the molecule is O=C1N=C(N2CCN(Cc3ccccc3)CC2)S/C1=C\c1cn(-c2ccccc2)nc1-c1ccc(OCc2ccc(F)cc2)cc1. The summed E-state index contributed by atoms with van der Waals surface area (Å²) in [5, 5.41) is 5.68. The van der Waals surface area contributed by atoms with Crippen molar-refractivity contribution in [3.8, 4) is 22.7 Å². The van der Waals surface area contributed by atoms with Gasteiger partial charge in [0, 0.05) is 50.0 Å². The van der Waals surface area contributed by atoms with Crippen LogP contribution in [0, 0.1) is 5.82 Å². The average Bonchev–Trinajstić information content (AvgIpc) is 3.69. The number of piperazine rings is 1. The molecule has 230 valence electrons. The third kappa shape index (κ3) is 6.96. The van der Waals surface area contributed by atoms with Gasteiger partial charge >= 0.3 is 0 Å². The van der Waals surface area contributed by atoms with Gasteiger partial charge in [0.1, 0.15) is 18.2 Å². The number of rotatable bonds is 8. The first kappa shape index (κ1) is 29.7. The highest BCUT2D eigenvalue weighted by molar-refractivity contribution is 8.18. The summed E-state index contributed by atoms with van der Waals surface area (Å²) in [6.45, 7) is 4.74. The number of ether oxygens (including phenoxy) is 1. The normalized spacial score (nSPS) is 16.2. The number of amidine groups is 1. The van der Waals surface area contributed by atoms with Crippen molar-refractivity contribution in [2.75, 3.05) is 26.2 Å². The Bertz CT molecular complexity index is 1870. The number of carbonyl (C=O) groups excluding carboxylic acids is 1. The lowest BCUT2D eigenvalue weighted by Crippen LogP contribution is -2.47. The fourth-order valence-electron chi connectivity index (χ4n) is 5.50. The van der Waals surface area contributed by atoms with Gasteiger partial charge in [-0.05, 0) is 77.5 Å². The Balaban J connectivity index is 1.07. The van der Waals surface area contributed by atoms with Gasteiger partial charge in [0.15, 0.2) is 5.17 Å². The quantitative estimate of drug-likeness (QED) is 0.172. The molecule has 0 atom stereocenters. The molecule has 0 spiro atoms. The number of hydrogen-bond acceptors (Lipinski definition) is 6. The molecule has 0 saturated carbocycles. The van der Waals surface area contributed by atoms with Crippen molar-refractivity contribution in [1.29, 1.82) is 0 Å². The number of thioether (sulfide) groups is 1. The highest BCUT2D eigenvalue weighted by Gasteiger charge is 2.29. The highest BCUT2D eigenvalue weighted by Crippen LogP contribution is 2.34. The molecule has 46 heavy (non-hydrogen) atoms. The van der Waals surface area contributed by atoms with Crippen LogP contribution in [0.5, 0.6) is 5.75 Å². The standard InChI is InChI=1S/C37H32FN5O2S/c38-31-15-11-28(12-16-31)26-45-33-17-13-29(14-18-33)35-30(25-43(40-35)32-9-5-2-6-10-32)23-34-36(44)39-37(46-34)42-21-19-41(20-22-42)24-27-7-3-1-4-8-27/h1-18,23,25H,19-22,24,26H2/b34-23-. The number of nitrogens with zero attached hydrogens (tertiary/aromatic N) is 5. The minimum Gasteiger partial charge on any atom is -0.489 e. The smallest absolute Gasteiger partial charge is 0.286 e. The second kappa shape index (κ2) is 13.6. The van der Waals surface area contributed by atoms with E-state index < -0.39 is 0 Å². The number of amides is 1. The van der Waals surface area contributed by atoms with Crippen LogP contribution in [-0.2, 0) is 17.9 Å². The van der Waals surface area contributed by atoms with Crippen LogP contribution < -0.4 is 4.74 Å². The van der Waals surface area contributed by atoms with Gasteiger partial charge in [-0.25, -0.2) is 9.07 Å². The molecule has 1 fully saturated rings. The first-order valence-electron chi connectivity index (χ1n) is 15.2. The van der Waals surface area contributed by atoms with E-state index >= 15 is 0 Å². The molecule has 7 nitrogen and oxygen atoms in total. The van der Waals surface area contributed by atoms with Gasteiger partial charge in [0.05, 0.1) is 16.3 Å². The summed E-state index contributed by atoms with van der Waals surface area (Å²) in [5.41, 5.74) is 5.57. The van der Waals surface area contributed by atoms with Crippen molar-refractivity contribution in [2.24, 2.45) is 4.99 Å². The number of aliphatic imine (C=N–C) groups is 1. The van der Waals surface area contributed by atoms with Crippen molar-refractivity contribution in [2.45, 2.75) is 13.2 Å². The Hall–Kier alpha value is -4.99. The van der Waals surface area contributed by atoms with Crippen LogP contribution in [0.2, 0.25) is 0 Å². The molecule has 3 heterocycles. The second-order valence-electron chi connectivity index (χ2n) is 11.2. The second-order valence-corrected chi connectivity index (χ2v) is 12.2. The molecular weight excluding hydrogens is 598 g/mol. The van der Waals surface area contributed by atoms with Gasteiger partial charge in [-0.3, -0.25) is 9.69 Å². The third-order valence-electron chi connectivity index (χ3n) is 8.00. The topological polar surface area (TPSA) is 63.0 Å². The van der Waals surface area contributed by atoms with Gasteiger partial charge in [0.25, 0.3) is 5.91 Å². The van der Waals surface area contributed by atoms with Crippen molar-refractivity contribution in [3.05, 3.63) is 143 Å². The van der Waals surface area contributed by atoms with E-state index in [9.17, 15) is 9.18 Å². The van der Waals surface area contributed by atoms with Crippen molar-refractivity contribution < 1.29 is 13.9 Å². The molecule has 4 aromatic carbocycles. The van der Waals surface area contributed by atoms with Crippen LogP contribution in [0.3, 0.4) is 0 Å². The van der Waals surface area contributed by atoms with Crippen LogP contribution in [0.15, 0.2) is 125 Å². The first-order chi connectivity index (χ1) is 22.6. The molecule has 9 heteroatoms. The van der Waals surface area contributed by atoms with E-state index in [-0.39, 0.29) is 11.7 Å². The molecule has 0 unspecified atom stereocenters. The minimum absolute atomic E-state index is 0.227. The molecule has 0 bridgehead atoms. The molecule has 2 aliphatic rings. The van der Waals surface area contributed by atoms with Crippen molar-refractivity contribution in [3.63, 3.8) is 0 Å². The summed E-state index contributed by atoms with van der Waals surface area (Å²) >= 11 is 1.43. The fourth-order valence-corrected chi connectivity index (χ4v) is 6.46. The lowest BCUT2D eigenvalue weighted by Gasteiger charge is -2.35. The van der Waals surface area contributed by atoms with Crippen LogP contribution in [0.4, 0.5) is 4.39 Å². The molecule has 1 amide bonds. The van der Waals surface area contributed by atoms with Gasteiger partial charge in [-0.1, -0.05) is 60.7 Å². The maximum atomic E-state index is 13.2. The van der Waals surface area contributed by atoms with Crippen LogP contribution in [-0.4, -0.2) is 56.8 Å². The molecule has 0 radical (unpaired) electrons. The van der Waals surface area contributed by atoms with E-state index in [2.05, 4.69) is 39.1 Å². The zero-order valence-corrected chi connectivity index (χ0v) is 25.9. The molecule has 1 aromatic heterocycles. The number of para-hydroxylation sites is 1. The summed E-state index contributed by atoms with van der Waals surface area (Å²) in [6.07, 6.45) is 3.85. The number of hydrogen-bond donors (Lipinski definition) is 0. The van der Waals surface area contributed by atoms with E-state index in [0.717, 1.165) is 66.0 Å². The van der Waals surface area contributed by atoms with Gasteiger partial charge < -0.3 is 9.64 Å². The van der Waals surface area contributed by atoms with E-state index in [1.807, 2.05) is 77.6 Å². The summed E-state index contributed by atoms with van der Waals surface area (Å²) < 4.78 is 21.0. The first-order valence-corrected chi connectivity index (χ1v) is 16.1. The third-order valence-corrected chi connectivity index (χ3v) is 9.04. The Morgan fingerprint density at radius 3 is 2.22 bits per heavy atom. The maximum absolute atomic E-state index is 13.2. The van der Waals surface area contributed by atoms with Crippen LogP contribution in [0.25, 0.3) is 23.0 Å². The van der Waals surface area contributed by atoms with Crippen LogP contribution >= 0.6 is 11.8 Å². The number of halogens is 1. The lowest BCUT2D eigenvalue weighted by atomic mass is 10.1. The summed E-state index contributed by atoms with van der Waals surface area (Å²) in [5.74, 6) is 0.195. The van der Waals surface area contributed by atoms with Crippen LogP contribution in [0.1, 0.15) is 16.7 Å². The minimum atomic E-state index is -0.272. The Labute approximate surface area is 271 Å². The zero-order chi connectivity index (χ0) is 31.3. The van der Waals surface area contributed by atoms with Crippen molar-refractivity contribution in [1.82, 2.24) is 19.6 Å². The lowest BCUT2D eigenvalue weighted by molar-refractivity contribution is -0.113. The van der Waals surface area contributed by atoms with Crippen molar-refractivity contribution >= 4 is 28.9 Å². The summed E-state index contributed by atoms with van der Waals surface area (Å²) in [6, 6.07) is 34.4. The van der Waals surface area contributed by atoms with E-state index in [4.69, 9.17) is 9.84 Å². The van der Waals surface area contributed by atoms with E-state index in [0.29, 0.717) is 17.3 Å². The molecule has 2 aliphatic heterocycles. The Morgan fingerprint density at radius 1 is 0.804 bits per heavy atom. The predicted octanol–water partition coefficient (Wildman–Crippen LogP) is 7.05. The van der Waals surface area contributed by atoms with E-state index in [1.165, 1.54) is 29.5 Å². The number of aromatic nitrogens is 2. The largest absolute Gasteiger partial charge is 0.489 e. The van der Waals surface area contributed by atoms with Gasteiger partial charge in [0.2, 0.25) is 0 Å². The monoisotopic (exact) mass is 629 g/mol. The molecule has 0 aliphatic carbocycles. The Morgan fingerprint density at radius 2 is 1.50 bits per heavy atom. The molecular formula is C37H32FN5O2S.